The molecule has 1 amide bonds. The highest BCUT2D eigenvalue weighted by atomic mass is 16.5. The average Bonchev–Trinajstić information content (AvgIpc) is 2.27. The van der Waals surface area contributed by atoms with Crippen molar-refractivity contribution in [2.24, 2.45) is 0 Å². The largest absolute Gasteiger partial charge is 0.450 e. The minimum absolute atomic E-state index is 0.148. The summed E-state index contributed by atoms with van der Waals surface area (Å²) in [6, 6.07) is 0.544. The second-order valence-electron chi connectivity index (χ2n) is 4.13. The average molecular weight is 214 g/mol. The highest BCUT2D eigenvalue weighted by Crippen LogP contribution is 2.10. The van der Waals surface area contributed by atoms with Crippen molar-refractivity contribution in [2.45, 2.75) is 51.6 Å². The Morgan fingerprint density at radius 2 is 2.40 bits per heavy atom. The Morgan fingerprint density at radius 1 is 1.60 bits per heavy atom. The van der Waals surface area contributed by atoms with E-state index in [0.717, 1.165) is 19.4 Å². The van der Waals surface area contributed by atoms with E-state index in [0.29, 0.717) is 12.6 Å². The lowest BCUT2D eigenvalue weighted by Gasteiger charge is -2.29. The van der Waals surface area contributed by atoms with Crippen LogP contribution in [0.1, 0.15) is 39.5 Å². The highest BCUT2D eigenvalue weighted by Gasteiger charge is 2.20. The zero-order chi connectivity index (χ0) is 11.1. The van der Waals surface area contributed by atoms with Gasteiger partial charge in [0.05, 0.1) is 6.61 Å². The smallest absolute Gasteiger partial charge is 0.407 e. The van der Waals surface area contributed by atoms with Crippen LogP contribution in [-0.2, 0) is 4.74 Å². The molecule has 15 heavy (non-hydrogen) atoms. The molecule has 0 aromatic heterocycles. The van der Waals surface area contributed by atoms with Gasteiger partial charge in [-0.25, -0.2) is 4.79 Å². The number of amides is 1. The van der Waals surface area contributed by atoms with E-state index in [9.17, 15) is 4.79 Å². The molecular formula is C11H22N2O2. The van der Waals surface area contributed by atoms with Gasteiger partial charge in [0.1, 0.15) is 0 Å². The number of nitrogens with one attached hydrogen (secondary N) is 2. The molecule has 0 saturated carbocycles. The van der Waals surface area contributed by atoms with Crippen molar-refractivity contribution in [3.05, 3.63) is 0 Å². The third-order valence-corrected chi connectivity index (χ3v) is 2.73. The minimum atomic E-state index is -0.295. The van der Waals surface area contributed by atoms with Crippen LogP contribution in [0.15, 0.2) is 0 Å². The number of ether oxygens (including phenoxy) is 1. The van der Waals surface area contributed by atoms with Crippen LogP contribution in [0.5, 0.6) is 0 Å². The standard InChI is InChI=1S/C11H22N2O2/c1-3-8-15-11(14)13-9(2)10-6-4-5-7-12-10/h9-10,12H,3-8H2,1-2H3,(H,13,14). The number of piperidine rings is 1. The predicted octanol–water partition coefficient (Wildman–Crippen LogP) is 1.65. The second kappa shape index (κ2) is 6.67. The van der Waals surface area contributed by atoms with Crippen LogP contribution in [-0.4, -0.2) is 31.3 Å². The third-order valence-electron chi connectivity index (χ3n) is 2.73. The fraction of sp³-hybridized carbons (Fsp3) is 0.909. The van der Waals surface area contributed by atoms with Crippen molar-refractivity contribution >= 4 is 6.09 Å². The molecule has 1 saturated heterocycles. The molecule has 0 spiro atoms. The molecule has 0 aliphatic carbocycles. The van der Waals surface area contributed by atoms with Gasteiger partial charge in [-0.3, -0.25) is 0 Å². The van der Waals surface area contributed by atoms with Crippen molar-refractivity contribution in [3.63, 3.8) is 0 Å². The highest BCUT2D eigenvalue weighted by molar-refractivity contribution is 5.67. The molecule has 1 fully saturated rings. The van der Waals surface area contributed by atoms with Gasteiger partial charge in [-0.05, 0) is 32.7 Å². The first-order valence-electron chi connectivity index (χ1n) is 5.90. The quantitative estimate of drug-likeness (QED) is 0.748. The van der Waals surface area contributed by atoms with Crippen molar-refractivity contribution < 1.29 is 9.53 Å². The summed E-state index contributed by atoms with van der Waals surface area (Å²) in [5.41, 5.74) is 0. The zero-order valence-corrected chi connectivity index (χ0v) is 9.71. The van der Waals surface area contributed by atoms with E-state index >= 15 is 0 Å². The minimum Gasteiger partial charge on any atom is -0.450 e. The lowest BCUT2D eigenvalue weighted by molar-refractivity contribution is 0.139. The summed E-state index contributed by atoms with van der Waals surface area (Å²) in [6.45, 7) is 5.56. The first-order chi connectivity index (χ1) is 7.24. The Kier molecular flexibility index (Phi) is 5.47. The van der Waals surface area contributed by atoms with Gasteiger partial charge in [-0.15, -0.1) is 0 Å². The molecule has 0 radical (unpaired) electrons. The molecule has 1 rings (SSSR count). The fourth-order valence-corrected chi connectivity index (χ4v) is 1.83. The Balaban J connectivity index is 2.21. The molecule has 4 nitrogen and oxygen atoms in total. The molecule has 1 heterocycles. The third kappa shape index (κ3) is 4.51. The van der Waals surface area contributed by atoms with Crippen LogP contribution in [0, 0.1) is 0 Å². The van der Waals surface area contributed by atoms with E-state index in [1.807, 2.05) is 13.8 Å². The van der Waals surface area contributed by atoms with Gasteiger partial charge in [0.2, 0.25) is 0 Å². The SMILES string of the molecule is CCCOC(=O)NC(C)C1CCCCN1. The molecule has 1 aliphatic rings. The van der Waals surface area contributed by atoms with E-state index in [-0.39, 0.29) is 12.1 Å². The van der Waals surface area contributed by atoms with E-state index in [1.165, 1.54) is 12.8 Å². The number of carbonyl (C=O) groups excluding carboxylic acids is 1. The first-order valence-corrected chi connectivity index (χ1v) is 5.90. The van der Waals surface area contributed by atoms with E-state index in [2.05, 4.69) is 10.6 Å². The summed E-state index contributed by atoms with van der Waals surface area (Å²) in [6.07, 6.45) is 4.19. The number of carbonyl (C=O) groups is 1. The first kappa shape index (κ1) is 12.3. The van der Waals surface area contributed by atoms with Crippen LogP contribution in [0.3, 0.4) is 0 Å². The number of alkyl carbamates (subject to hydrolysis) is 1. The van der Waals surface area contributed by atoms with Crippen LogP contribution >= 0.6 is 0 Å². The summed E-state index contributed by atoms with van der Waals surface area (Å²) >= 11 is 0. The number of hydrogen-bond acceptors (Lipinski definition) is 3. The zero-order valence-electron chi connectivity index (χ0n) is 9.71. The maximum Gasteiger partial charge on any atom is 0.407 e. The summed E-state index contributed by atoms with van der Waals surface area (Å²) in [5, 5.41) is 6.27. The van der Waals surface area contributed by atoms with Crippen LogP contribution in [0.4, 0.5) is 4.79 Å². The van der Waals surface area contributed by atoms with Gasteiger partial charge < -0.3 is 15.4 Å². The van der Waals surface area contributed by atoms with Gasteiger partial charge in [0, 0.05) is 12.1 Å². The van der Waals surface area contributed by atoms with Crippen LogP contribution in [0.2, 0.25) is 0 Å². The summed E-state index contributed by atoms with van der Waals surface area (Å²) in [4.78, 5) is 11.3. The molecular weight excluding hydrogens is 192 g/mol. The Bertz CT molecular complexity index is 191. The number of rotatable bonds is 4. The molecule has 2 atom stereocenters. The Hall–Kier alpha value is -0.770. The molecule has 0 aromatic rings. The lowest BCUT2D eigenvalue weighted by Crippen LogP contribution is -2.50. The number of hydrogen-bond donors (Lipinski definition) is 2. The Labute approximate surface area is 91.8 Å². The Morgan fingerprint density at radius 3 is 3.00 bits per heavy atom. The normalized spacial score (nSPS) is 23.2. The predicted molar refractivity (Wildman–Crippen MR) is 59.9 cm³/mol. The second-order valence-corrected chi connectivity index (χ2v) is 4.13. The molecule has 2 N–H and O–H groups in total. The molecule has 4 heteroatoms. The van der Waals surface area contributed by atoms with Crippen molar-refractivity contribution in [1.29, 1.82) is 0 Å². The molecule has 88 valence electrons. The van der Waals surface area contributed by atoms with Crippen molar-refractivity contribution in [3.8, 4) is 0 Å². The molecule has 0 aromatic carbocycles. The summed E-state index contributed by atoms with van der Waals surface area (Å²) in [5.74, 6) is 0. The maximum atomic E-state index is 11.3. The molecule has 1 aliphatic heterocycles. The fourth-order valence-electron chi connectivity index (χ4n) is 1.83. The van der Waals surface area contributed by atoms with Crippen LogP contribution < -0.4 is 10.6 Å². The summed E-state index contributed by atoms with van der Waals surface area (Å²) < 4.78 is 4.97. The van der Waals surface area contributed by atoms with Crippen LogP contribution in [0.25, 0.3) is 0 Å². The topological polar surface area (TPSA) is 50.4 Å². The van der Waals surface area contributed by atoms with Crippen molar-refractivity contribution in [2.75, 3.05) is 13.2 Å². The maximum absolute atomic E-state index is 11.3. The monoisotopic (exact) mass is 214 g/mol. The van der Waals surface area contributed by atoms with Gasteiger partial charge in [0.15, 0.2) is 0 Å². The van der Waals surface area contributed by atoms with Gasteiger partial charge in [-0.1, -0.05) is 13.3 Å². The molecule has 0 bridgehead atoms. The summed E-state index contributed by atoms with van der Waals surface area (Å²) in [7, 11) is 0. The van der Waals surface area contributed by atoms with E-state index in [4.69, 9.17) is 4.74 Å². The van der Waals surface area contributed by atoms with Gasteiger partial charge in [0.25, 0.3) is 0 Å². The lowest BCUT2D eigenvalue weighted by atomic mass is 9.99. The van der Waals surface area contributed by atoms with Gasteiger partial charge in [-0.2, -0.15) is 0 Å². The van der Waals surface area contributed by atoms with E-state index in [1.54, 1.807) is 0 Å². The van der Waals surface area contributed by atoms with Crippen molar-refractivity contribution in [1.82, 2.24) is 10.6 Å². The van der Waals surface area contributed by atoms with Gasteiger partial charge >= 0.3 is 6.09 Å². The molecule has 2 unspecified atom stereocenters. The van der Waals surface area contributed by atoms with E-state index < -0.39 is 0 Å².